The minimum absolute atomic E-state index is 0.0117. The van der Waals surface area contributed by atoms with Crippen LogP contribution >= 0.6 is 11.8 Å². The maximum absolute atomic E-state index is 12.8. The molecule has 0 radical (unpaired) electrons. The third kappa shape index (κ3) is 4.69. The van der Waals surface area contributed by atoms with Crippen LogP contribution in [-0.4, -0.2) is 50.6 Å². The van der Waals surface area contributed by atoms with Crippen LogP contribution in [0.2, 0.25) is 0 Å². The van der Waals surface area contributed by atoms with Crippen molar-refractivity contribution in [2.45, 2.75) is 50.4 Å². The SMILES string of the molecule is CCN(Cc1ccc2c(c1)OCO2)C(=O)CSc1nnc(C2CC2)n1CCC(N)=O. The number of carbonyl (C=O) groups is 2. The number of nitrogens with zero attached hydrogens (tertiary/aromatic N) is 4. The zero-order chi connectivity index (χ0) is 21.1. The smallest absolute Gasteiger partial charge is 0.233 e. The maximum atomic E-state index is 12.8. The van der Waals surface area contributed by atoms with E-state index in [0.717, 1.165) is 30.0 Å². The highest BCUT2D eigenvalue weighted by Gasteiger charge is 2.30. The van der Waals surface area contributed by atoms with Crippen molar-refractivity contribution in [2.24, 2.45) is 5.73 Å². The van der Waals surface area contributed by atoms with E-state index in [1.807, 2.05) is 29.7 Å². The van der Waals surface area contributed by atoms with Gasteiger partial charge in [0.05, 0.1) is 5.75 Å². The second-order valence-corrected chi connectivity index (χ2v) is 8.31. The van der Waals surface area contributed by atoms with Gasteiger partial charge in [-0.2, -0.15) is 0 Å². The molecule has 1 fully saturated rings. The second kappa shape index (κ2) is 8.95. The largest absolute Gasteiger partial charge is 0.454 e. The maximum Gasteiger partial charge on any atom is 0.233 e. The van der Waals surface area contributed by atoms with Crippen molar-refractivity contribution >= 4 is 23.6 Å². The van der Waals surface area contributed by atoms with E-state index in [0.29, 0.717) is 36.5 Å². The molecule has 1 aromatic carbocycles. The van der Waals surface area contributed by atoms with Gasteiger partial charge in [-0.25, -0.2) is 0 Å². The summed E-state index contributed by atoms with van der Waals surface area (Å²) in [7, 11) is 0. The van der Waals surface area contributed by atoms with Crippen molar-refractivity contribution in [2.75, 3.05) is 19.1 Å². The number of thioether (sulfide) groups is 1. The number of carbonyl (C=O) groups excluding carboxylic acids is 2. The molecule has 1 aromatic heterocycles. The van der Waals surface area contributed by atoms with E-state index in [-0.39, 0.29) is 30.8 Å². The Morgan fingerprint density at radius 1 is 1.27 bits per heavy atom. The van der Waals surface area contributed by atoms with Crippen molar-refractivity contribution in [3.63, 3.8) is 0 Å². The average Bonchev–Trinajstić information content (AvgIpc) is 3.33. The summed E-state index contributed by atoms with van der Waals surface area (Å²) in [5.41, 5.74) is 6.30. The number of rotatable bonds is 10. The van der Waals surface area contributed by atoms with Crippen LogP contribution in [0, 0.1) is 0 Å². The van der Waals surface area contributed by atoms with Gasteiger partial charge in [0.25, 0.3) is 0 Å². The van der Waals surface area contributed by atoms with E-state index in [4.69, 9.17) is 15.2 Å². The van der Waals surface area contributed by atoms with Crippen LogP contribution in [-0.2, 0) is 22.7 Å². The van der Waals surface area contributed by atoms with Crippen LogP contribution in [0.3, 0.4) is 0 Å². The molecule has 2 aromatic rings. The molecule has 2 heterocycles. The molecular formula is C20H25N5O4S. The Bertz CT molecular complexity index is 943. The first-order chi connectivity index (χ1) is 14.5. The Morgan fingerprint density at radius 3 is 2.80 bits per heavy atom. The van der Waals surface area contributed by atoms with Crippen molar-refractivity contribution < 1.29 is 19.1 Å². The molecule has 0 atom stereocenters. The van der Waals surface area contributed by atoms with Gasteiger partial charge in [0.15, 0.2) is 16.7 Å². The highest BCUT2D eigenvalue weighted by Crippen LogP contribution is 2.40. The third-order valence-corrected chi connectivity index (χ3v) is 6.09. The van der Waals surface area contributed by atoms with Crippen molar-refractivity contribution in [1.29, 1.82) is 0 Å². The molecule has 10 heteroatoms. The van der Waals surface area contributed by atoms with Gasteiger partial charge >= 0.3 is 0 Å². The number of amides is 2. The Kier molecular flexibility index (Phi) is 6.12. The number of fused-ring (bicyclic) bond motifs is 1. The van der Waals surface area contributed by atoms with E-state index in [1.54, 1.807) is 4.90 Å². The molecule has 2 N–H and O–H groups in total. The molecule has 0 unspecified atom stereocenters. The number of benzene rings is 1. The summed E-state index contributed by atoms with van der Waals surface area (Å²) < 4.78 is 12.7. The van der Waals surface area contributed by atoms with Crippen LogP contribution in [0.25, 0.3) is 0 Å². The lowest BCUT2D eigenvalue weighted by Gasteiger charge is -2.21. The first-order valence-electron chi connectivity index (χ1n) is 10.1. The van der Waals surface area contributed by atoms with E-state index in [2.05, 4.69) is 10.2 Å². The number of ether oxygens (including phenoxy) is 2. The molecule has 4 rings (SSSR count). The van der Waals surface area contributed by atoms with Crippen LogP contribution in [0.15, 0.2) is 23.4 Å². The van der Waals surface area contributed by atoms with Gasteiger partial charge in [0.2, 0.25) is 18.6 Å². The van der Waals surface area contributed by atoms with Crippen molar-refractivity contribution in [3.05, 3.63) is 29.6 Å². The number of nitrogens with two attached hydrogens (primary N) is 1. The highest BCUT2D eigenvalue weighted by molar-refractivity contribution is 7.99. The van der Waals surface area contributed by atoms with Crippen LogP contribution in [0.1, 0.15) is 43.5 Å². The quantitative estimate of drug-likeness (QED) is 0.572. The lowest BCUT2D eigenvalue weighted by molar-refractivity contribution is -0.128. The third-order valence-electron chi connectivity index (χ3n) is 5.14. The zero-order valence-corrected chi connectivity index (χ0v) is 17.7. The fourth-order valence-corrected chi connectivity index (χ4v) is 4.21. The number of hydrogen-bond acceptors (Lipinski definition) is 7. The zero-order valence-electron chi connectivity index (χ0n) is 16.9. The van der Waals surface area contributed by atoms with Crippen LogP contribution < -0.4 is 15.2 Å². The molecule has 1 aliphatic carbocycles. The minimum atomic E-state index is -0.363. The predicted molar refractivity (Wildman–Crippen MR) is 110 cm³/mol. The van der Waals surface area contributed by atoms with Gasteiger partial charge in [-0.05, 0) is 37.5 Å². The predicted octanol–water partition coefficient (Wildman–Crippen LogP) is 1.90. The molecule has 1 saturated carbocycles. The molecule has 30 heavy (non-hydrogen) atoms. The van der Waals surface area contributed by atoms with Gasteiger partial charge in [0, 0.05) is 32.0 Å². The van der Waals surface area contributed by atoms with E-state index in [9.17, 15) is 9.59 Å². The van der Waals surface area contributed by atoms with Crippen molar-refractivity contribution in [3.8, 4) is 11.5 Å². The highest BCUT2D eigenvalue weighted by atomic mass is 32.2. The summed E-state index contributed by atoms with van der Waals surface area (Å²) in [4.78, 5) is 25.8. The Labute approximate surface area is 178 Å². The van der Waals surface area contributed by atoms with Crippen LogP contribution in [0.4, 0.5) is 0 Å². The topological polar surface area (TPSA) is 113 Å². The van der Waals surface area contributed by atoms with Crippen molar-refractivity contribution in [1.82, 2.24) is 19.7 Å². The second-order valence-electron chi connectivity index (χ2n) is 7.37. The van der Waals surface area contributed by atoms with E-state index in [1.165, 1.54) is 11.8 Å². The first-order valence-corrected chi connectivity index (χ1v) is 11.0. The number of primary amides is 1. The molecule has 0 spiro atoms. The average molecular weight is 432 g/mol. The van der Waals surface area contributed by atoms with Gasteiger partial charge in [-0.1, -0.05) is 17.8 Å². The fraction of sp³-hybridized carbons (Fsp3) is 0.500. The lowest BCUT2D eigenvalue weighted by Crippen LogP contribution is -2.31. The monoisotopic (exact) mass is 431 g/mol. The summed E-state index contributed by atoms with van der Waals surface area (Å²) in [5, 5.41) is 9.21. The molecule has 9 nitrogen and oxygen atoms in total. The summed E-state index contributed by atoms with van der Waals surface area (Å²) in [6, 6.07) is 5.72. The summed E-state index contributed by atoms with van der Waals surface area (Å²) in [6.45, 7) is 3.71. The lowest BCUT2D eigenvalue weighted by atomic mass is 10.2. The van der Waals surface area contributed by atoms with Gasteiger partial charge < -0.3 is 24.7 Å². The fourth-order valence-electron chi connectivity index (χ4n) is 3.34. The molecule has 160 valence electrons. The molecule has 1 aliphatic heterocycles. The van der Waals surface area contributed by atoms with Gasteiger partial charge in [-0.3, -0.25) is 9.59 Å². The Morgan fingerprint density at radius 2 is 2.07 bits per heavy atom. The summed E-state index contributed by atoms with van der Waals surface area (Å²) >= 11 is 1.35. The van der Waals surface area contributed by atoms with E-state index >= 15 is 0 Å². The molecule has 0 saturated heterocycles. The molecule has 0 bridgehead atoms. The Balaban J connectivity index is 1.38. The molecular weight excluding hydrogens is 406 g/mol. The molecule has 2 amide bonds. The van der Waals surface area contributed by atoms with E-state index < -0.39 is 0 Å². The Hall–Kier alpha value is -2.75. The van der Waals surface area contributed by atoms with Gasteiger partial charge in [0.1, 0.15) is 5.82 Å². The standard InChI is InChI=1S/C20H25N5O4S/c1-2-24(10-13-3-6-15-16(9-13)29-12-28-15)18(27)11-30-20-23-22-19(14-4-5-14)25(20)8-7-17(21)26/h3,6,9,14H,2,4-5,7-8,10-12H2,1H3,(H2,21,26). The van der Waals surface area contributed by atoms with Crippen LogP contribution in [0.5, 0.6) is 11.5 Å². The molecule has 2 aliphatic rings. The normalized spacial score (nSPS) is 14.7. The minimum Gasteiger partial charge on any atom is -0.454 e. The summed E-state index contributed by atoms with van der Waals surface area (Å²) in [5.74, 6) is 2.62. The number of hydrogen-bond donors (Lipinski definition) is 1. The first kappa shape index (κ1) is 20.5. The number of aromatic nitrogens is 3. The summed E-state index contributed by atoms with van der Waals surface area (Å²) in [6.07, 6.45) is 2.39. The van der Waals surface area contributed by atoms with Gasteiger partial charge in [-0.15, -0.1) is 10.2 Å².